The standard InChI is InChI=1S/C30H33ClFN3O4S/c1-21-16-17-25(18-27(21)31)35(40(38,39)26-13-4-3-5-14-26)20-29(36)34(19-23-10-6-9-15-28(23)32)22(2)30(37)33-24-11-7-8-12-24/h3-6,9-10,13-18,22,24H,7-8,11-12,19-20H2,1-2H3,(H,33,37)/t22-/m1/s1. The van der Waals surface area contributed by atoms with Crippen molar-refractivity contribution in [1.29, 1.82) is 0 Å². The molecule has 1 aliphatic rings. The van der Waals surface area contributed by atoms with Crippen LogP contribution >= 0.6 is 11.6 Å². The molecule has 1 atom stereocenters. The highest BCUT2D eigenvalue weighted by atomic mass is 35.5. The van der Waals surface area contributed by atoms with E-state index in [4.69, 9.17) is 11.6 Å². The summed E-state index contributed by atoms with van der Waals surface area (Å²) in [5.74, 6) is -1.55. The average Bonchev–Trinajstić information content (AvgIpc) is 3.46. The lowest BCUT2D eigenvalue weighted by atomic mass is 10.1. The summed E-state index contributed by atoms with van der Waals surface area (Å²) < 4.78 is 43.3. The van der Waals surface area contributed by atoms with Gasteiger partial charge in [0.1, 0.15) is 18.4 Å². The van der Waals surface area contributed by atoms with Gasteiger partial charge in [0.15, 0.2) is 0 Å². The van der Waals surface area contributed by atoms with Gasteiger partial charge in [-0.05, 0) is 62.6 Å². The highest BCUT2D eigenvalue weighted by Crippen LogP contribution is 2.29. The number of halogens is 2. The van der Waals surface area contributed by atoms with Crippen molar-refractivity contribution in [3.8, 4) is 0 Å². The van der Waals surface area contributed by atoms with Crippen LogP contribution < -0.4 is 9.62 Å². The molecule has 0 aromatic heterocycles. The van der Waals surface area contributed by atoms with Gasteiger partial charge in [-0.15, -0.1) is 0 Å². The number of sulfonamides is 1. The summed E-state index contributed by atoms with van der Waals surface area (Å²) in [6.07, 6.45) is 3.75. The van der Waals surface area contributed by atoms with Gasteiger partial charge in [-0.25, -0.2) is 12.8 Å². The number of nitrogens with zero attached hydrogens (tertiary/aromatic N) is 2. The van der Waals surface area contributed by atoms with Crippen molar-refractivity contribution >= 4 is 39.1 Å². The number of amides is 2. The van der Waals surface area contributed by atoms with Crippen molar-refractivity contribution in [1.82, 2.24) is 10.2 Å². The van der Waals surface area contributed by atoms with Crippen LogP contribution in [0.4, 0.5) is 10.1 Å². The predicted octanol–water partition coefficient (Wildman–Crippen LogP) is 5.46. The largest absolute Gasteiger partial charge is 0.352 e. The number of anilines is 1. The quantitative estimate of drug-likeness (QED) is 0.342. The molecule has 0 unspecified atom stereocenters. The van der Waals surface area contributed by atoms with Gasteiger partial charge in [0.2, 0.25) is 11.8 Å². The van der Waals surface area contributed by atoms with Crippen molar-refractivity contribution in [2.24, 2.45) is 0 Å². The Morgan fingerprint density at radius 2 is 1.68 bits per heavy atom. The predicted molar refractivity (Wildman–Crippen MR) is 154 cm³/mol. The van der Waals surface area contributed by atoms with E-state index < -0.39 is 34.3 Å². The van der Waals surface area contributed by atoms with Crippen LogP contribution in [0.25, 0.3) is 0 Å². The minimum absolute atomic E-state index is 0.00724. The lowest BCUT2D eigenvalue weighted by Gasteiger charge is -2.32. The van der Waals surface area contributed by atoms with Gasteiger partial charge in [-0.1, -0.05) is 66.9 Å². The fourth-order valence-electron chi connectivity index (χ4n) is 4.77. The van der Waals surface area contributed by atoms with Gasteiger partial charge >= 0.3 is 0 Å². The van der Waals surface area contributed by atoms with E-state index in [1.807, 2.05) is 0 Å². The maximum absolute atomic E-state index is 14.7. The van der Waals surface area contributed by atoms with E-state index in [1.54, 1.807) is 50.2 Å². The van der Waals surface area contributed by atoms with Crippen molar-refractivity contribution in [2.45, 2.75) is 63.1 Å². The lowest BCUT2D eigenvalue weighted by molar-refractivity contribution is -0.139. The van der Waals surface area contributed by atoms with Crippen LogP contribution in [-0.2, 0) is 26.2 Å². The molecule has 212 valence electrons. The Balaban J connectivity index is 1.70. The van der Waals surface area contributed by atoms with Crippen molar-refractivity contribution in [2.75, 3.05) is 10.8 Å². The minimum Gasteiger partial charge on any atom is -0.352 e. The summed E-state index contributed by atoms with van der Waals surface area (Å²) in [6.45, 7) is 2.53. The molecule has 1 N–H and O–H groups in total. The number of hydrogen-bond acceptors (Lipinski definition) is 4. The summed E-state index contributed by atoms with van der Waals surface area (Å²) >= 11 is 6.34. The second kappa shape index (κ2) is 12.8. The zero-order valence-corrected chi connectivity index (χ0v) is 24.1. The fraction of sp³-hybridized carbons (Fsp3) is 0.333. The maximum atomic E-state index is 14.7. The van der Waals surface area contributed by atoms with E-state index in [-0.39, 0.29) is 34.6 Å². The Labute approximate surface area is 240 Å². The van der Waals surface area contributed by atoms with Crippen LogP contribution in [0.5, 0.6) is 0 Å². The first kappa shape index (κ1) is 29.6. The van der Waals surface area contributed by atoms with Crippen LogP contribution in [0.1, 0.15) is 43.7 Å². The molecule has 1 saturated carbocycles. The zero-order chi connectivity index (χ0) is 28.9. The Morgan fingerprint density at radius 1 is 1.02 bits per heavy atom. The van der Waals surface area contributed by atoms with Gasteiger partial charge in [0.05, 0.1) is 10.6 Å². The van der Waals surface area contributed by atoms with Crippen LogP contribution in [0.15, 0.2) is 77.7 Å². The molecule has 3 aromatic rings. The molecule has 3 aromatic carbocycles. The van der Waals surface area contributed by atoms with Crippen LogP contribution in [-0.4, -0.2) is 43.8 Å². The minimum atomic E-state index is -4.21. The van der Waals surface area contributed by atoms with Gasteiger partial charge in [-0.2, -0.15) is 0 Å². The van der Waals surface area contributed by atoms with Gasteiger partial charge in [0.25, 0.3) is 10.0 Å². The number of carbonyl (C=O) groups excluding carboxylic acids is 2. The van der Waals surface area contributed by atoms with Crippen molar-refractivity contribution < 1.29 is 22.4 Å². The zero-order valence-electron chi connectivity index (χ0n) is 22.5. The van der Waals surface area contributed by atoms with Crippen LogP contribution in [0.2, 0.25) is 5.02 Å². The first-order valence-electron chi connectivity index (χ1n) is 13.2. The topological polar surface area (TPSA) is 86.8 Å². The Hall–Kier alpha value is -3.43. The Kier molecular flexibility index (Phi) is 9.48. The first-order chi connectivity index (χ1) is 19.1. The van der Waals surface area contributed by atoms with E-state index in [2.05, 4.69) is 5.32 Å². The fourth-order valence-corrected chi connectivity index (χ4v) is 6.37. The van der Waals surface area contributed by atoms with Crippen LogP contribution in [0, 0.1) is 12.7 Å². The number of nitrogens with one attached hydrogen (secondary N) is 1. The third-order valence-electron chi connectivity index (χ3n) is 7.22. The normalized spacial score (nSPS) is 14.5. The molecule has 1 fully saturated rings. The Morgan fingerprint density at radius 3 is 2.33 bits per heavy atom. The number of hydrogen-bond donors (Lipinski definition) is 1. The van der Waals surface area contributed by atoms with Crippen molar-refractivity contribution in [3.05, 3.63) is 94.8 Å². The average molecular weight is 586 g/mol. The van der Waals surface area contributed by atoms with Gasteiger partial charge < -0.3 is 10.2 Å². The summed E-state index contributed by atoms with van der Waals surface area (Å²) in [7, 11) is -4.21. The highest BCUT2D eigenvalue weighted by Gasteiger charge is 2.33. The SMILES string of the molecule is Cc1ccc(N(CC(=O)N(Cc2ccccc2F)[C@H](C)C(=O)NC2CCCC2)S(=O)(=O)c2ccccc2)cc1Cl. The number of benzene rings is 3. The van der Waals surface area contributed by atoms with Gasteiger partial charge in [-0.3, -0.25) is 13.9 Å². The van der Waals surface area contributed by atoms with Crippen LogP contribution in [0.3, 0.4) is 0 Å². The number of aryl methyl sites for hydroxylation is 1. The summed E-state index contributed by atoms with van der Waals surface area (Å²) in [5, 5.41) is 3.33. The molecule has 0 radical (unpaired) electrons. The molecule has 0 bridgehead atoms. The first-order valence-corrected chi connectivity index (χ1v) is 15.1. The second-order valence-electron chi connectivity index (χ2n) is 10.0. The number of rotatable bonds is 10. The molecule has 4 rings (SSSR count). The van der Waals surface area contributed by atoms with Crippen molar-refractivity contribution in [3.63, 3.8) is 0 Å². The number of carbonyl (C=O) groups is 2. The maximum Gasteiger partial charge on any atom is 0.264 e. The van der Waals surface area contributed by atoms with E-state index in [9.17, 15) is 22.4 Å². The molecule has 2 amide bonds. The molecule has 0 saturated heterocycles. The van der Waals surface area contributed by atoms with E-state index >= 15 is 0 Å². The Bertz CT molecular complexity index is 1460. The molecule has 1 aliphatic carbocycles. The molecular formula is C30H33ClFN3O4S. The summed E-state index contributed by atoms with van der Waals surface area (Å²) in [6, 6.07) is 17.5. The van der Waals surface area contributed by atoms with E-state index in [0.29, 0.717) is 5.02 Å². The molecular weight excluding hydrogens is 553 g/mol. The van der Waals surface area contributed by atoms with E-state index in [1.165, 1.54) is 41.3 Å². The summed E-state index contributed by atoms with van der Waals surface area (Å²) in [5.41, 5.74) is 1.15. The monoisotopic (exact) mass is 585 g/mol. The third-order valence-corrected chi connectivity index (χ3v) is 9.42. The van der Waals surface area contributed by atoms with E-state index in [0.717, 1.165) is 35.6 Å². The molecule has 10 heteroatoms. The second-order valence-corrected chi connectivity index (χ2v) is 12.3. The summed E-state index contributed by atoms with van der Waals surface area (Å²) in [4.78, 5) is 28.4. The smallest absolute Gasteiger partial charge is 0.264 e. The molecule has 0 aliphatic heterocycles. The lowest BCUT2D eigenvalue weighted by Crippen LogP contribution is -2.52. The molecule has 0 heterocycles. The van der Waals surface area contributed by atoms with Gasteiger partial charge in [0, 0.05) is 23.2 Å². The molecule has 7 nitrogen and oxygen atoms in total. The third kappa shape index (κ3) is 6.82. The molecule has 0 spiro atoms. The highest BCUT2D eigenvalue weighted by molar-refractivity contribution is 7.92. The molecule has 40 heavy (non-hydrogen) atoms.